The first kappa shape index (κ1) is 11.3. The summed E-state index contributed by atoms with van der Waals surface area (Å²) in [7, 11) is 3.90. The molecule has 2 rings (SSSR count). The third-order valence-corrected chi connectivity index (χ3v) is 2.23. The lowest BCUT2D eigenvalue weighted by Gasteiger charge is -2.09. The summed E-state index contributed by atoms with van der Waals surface area (Å²) in [5.74, 6) is 0.906. The highest BCUT2D eigenvalue weighted by atomic mass is 15.1. The molecule has 2 aromatic rings. The number of hydrogen-bond acceptors (Lipinski definition) is 4. The van der Waals surface area contributed by atoms with Crippen molar-refractivity contribution in [1.29, 1.82) is 0 Å². The van der Waals surface area contributed by atoms with Gasteiger partial charge in [-0.15, -0.1) is 5.11 Å². The van der Waals surface area contributed by atoms with Crippen molar-refractivity contribution in [2.24, 2.45) is 10.2 Å². The van der Waals surface area contributed by atoms with E-state index in [2.05, 4.69) is 15.2 Å². The molecule has 0 fully saturated rings. The number of azo groups is 1. The zero-order valence-electron chi connectivity index (χ0n) is 9.91. The molecule has 4 heteroatoms. The van der Waals surface area contributed by atoms with E-state index in [-0.39, 0.29) is 0 Å². The SMILES string of the molecule is CN(C)c1ccc(N=Nc2ccccc2)cn1. The molecule has 0 saturated heterocycles. The van der Waals surface area contributed by atoms with Crippen molar-refractivity contribution in [2.45, 2.75) is 0 Å². The molecular formula is C13H14N4. The first-order valence-corrected chi connectivity index (χ1v) is 5.36. The quantitative estimate of drug-likeness (QED) is 0.751. The molecule has 0 saturated carbocycles. The molecule has 4 nitrogen and oxygen atoms in total. The Bertz CT molecular complexity index is 489. The minimum Gasteiger partial charge on any atom is -0.363 e. The van der Waals surface area contributed by atoms with E-state index in [1.165, 1.54) is 0 Å². The Kier molecular flexibility index (Phi) is 3.45. The van der Waals surface area contributed by atoms with Gasteiger partial charge in [-0.2, -0.15) is 5.11 Å². The van der Waals surface area contributed by atoms with Gasteiger partial charge in [-0.3, -0.25) is 0 Å². The highest BCUT2D eigenvalue weighted by Gasteiger charge is 1.96. The molecule has 17 heavy (non-hydrogen) atoms. The van der Waals surface area contributed by atoms with Crippen LogP contribution in [0, 0.1) is 0 Å². The third kappa shape index (κ3) is 3.11. The lowest BCUT2D eigenvalue weighted by molar-refractivity contribution is 1.06. The molecule has 0 spiro atoms. The Morgan fingerprint density at radius 3 is 2.18 bits per heavy atom. The van der Waals surface area contributed by atoms with Crippen LogP contribution in [0.1, 0.15) is 0 Å². The smallest absolute Gasteiger partial charge is 0.128 e. The van der Waals surface area contributed by atoms with Crippen molar-refractivity contribution in [1.82, 2.24) is 4.98 Å². The number of hydrogen-bond donors (Lipinski definition) is 0. The van der Waals surface area contributed by atoms with Gasteiger partial charge in [0.1, 0.15) is 11.5 Å². The zero-order valence-corrected chi connectivity index (χ0v) is 9.91. The Morgan fingerprint density at radius 1 is 0.882 bits per heavy atom. The van der Waals surface area contributed by atoms with Crippen LogP contribution in [0.3, 0.4) is 0 Å². The van der Waals surface area contributed by atoms with Crippen LogP contribution >= 0.6 is 0 Å². The largest absolute Gasteiger partial charge is 0.363 e. The fourth-order valence-corrected chi connectivity index (χ4v) is 1.31. The summed E-state index contributed by atoms with van der Waals surface area (Å²) in [5.41, 5.74) is 1.59. The molecule has 86 valence electrons. The van der Waals surface area contributed by atoms with Crippen LogP contribution < -0.4 is 4.90 Å². The average Bonchev–Trinajstić information content (AvgIpc) is 2.38. The van der Waals surface area contributed by atoms with Gasteiger partial charge < -0.3 is 4.90 Å². The van der Waals surface area contributed by atoms with Crippen LogP contribution in [0.4, 0.5) is 17.2 Å². The maximum absolute atomic E-state index is 4.26. The number of aromatic nitrogens is 1. The van der Waals surface area contributed by atoms with Crippen molar-refractivity contribution in [2.75, 3.05) is 19.0 Å². The van der Waals surface area contributed by atoms with Gasteiger partial charge in [0, 0.05) is 14.1 Å². The van der Waals surface area contributed by atoms with Crippen molar-refractivity contribution >= 4 is 17.2 Å². The van der Waals surface area contributed by atoms with Crippen LogP contribution in [0.15, 0.2) is 58.9 Å². The summed E-state index contributed by atoms with van der Waals surface area (Å²) >= 11 is 0. The molecule has 1 aromatic carbocycles. The van der Waals surface area contributed by atoms with Crippen LogP contribution in [0.5, 0.6) is 0 Å². The second-order valence-electron chi connectivity index (χ2n) is 3.80. The second kappa shape index (κ2) is 5.21. The predicted molar refractivity (Wildman–Crippen MR) is 69.2 cm³/mol. The molecule has 0 amide bonds. The number of anilines is 1. The van der Waals surface area contributed by atoms with Crippen molar-refractivity contribution in [3.05, 3.63) is 48.7 Å². The summed E-state index contributed by atoms with van der Waals surface area (Å²) in [5, 5.41) is 8.24. The maximum atomic E-state index is 4.26. The van der Waals surface area contributed by atoms with Crippen LogP contribution in [0.2, 0.25) is 0 Å². The van der Waals surface area contributed by atoms with Gasteiger partial charge in [0.25, 0.3) is 0 Å². The second-order valence-corrected chi connectivity index (χ2v) is 3.80. The lowest BCUT2D eigenvalue weighted by Crippen LogP contribution is -2.09. The van der Waals surface area contributed by atoms with E-state index in [1.54, 1.807) is 6.20 Å². The zero-order chi connectivity index (χ0) is 12.1. The molecule has 1 heterocycles. The van der Waals surface area contributed by atoms with E-state index in [9.17, 15) is 0 Å². The normalized spacial score (nSPS) is 10.7. The average molecular weight is 226 g/mol. The Labute approximate surface area is 101 Å². The topological polar surface area (TPSA) is 40.9 Å². The lowest BCUT2D eigenvalue weighted by atomic mass is 10.3. The maximum Gasteiger partial charge on any atom is 0.128 e. The van der Waals surface area contributed by atoms with E-state index < -0.39 is 0 Å². The summed E-state index contributed by atoms with van der Waals surface area (Å²) in [4.78, 5) is 6.21. The summed E-state index contributed by atoms with van der Waals surface area (Å²) < 4.78 is 0. The highest BCUT2D eigenvalue weighted by Crippen LogP contribution is 2.18. The van der Waals surface area contributed by atoms with Crippen molar-refractivity contribution in [3.63, 3.8) is 0 Å². The van der Waals surface area contributed by atoms with Gasteiger partial charge in [-0.25, -0.2) is 4.98 Å². The standard InChI is InChI=1S/C13H14N4/c1-17(2)13-9-8-12(10-14-13)16-15-11-6-4-3-5-7-11/h3-10H,1-2H3. The Balaban J connectivity index is 2.12. The van der Waals surface area contributed by atoms with E-state index in [1.807, 2.05) is 61.5 Å². The molecule has 0 aliphatic heterocycles. The molecule has 0 N–H and O–H groups in total. The number of rotatable bonds is 3. The number of pyridine rings is 1. The van der Waals surface area contributed by atoms with Crippen LogP contribution in [-0.4, -0.2) is 19.1 Å². The molecular weight excluding hydrogens is 212 g/mol. The molecule has 1 aromatic heterocycles. The summed E-state index contributed by atoms with van der Waals surface area (Å²) in [6.07, 6.45) is 1.71. The first-order valence-electron chi connectivity index (χ1n) is 5.36. The molecule has 0 atom stereocenters. The monoisotopic (exact) mass is 226 g/mol. The molecule has 0 aliphatic rings. The van der Waals surface area contributed by atoms with Crippen LogP contribution in [-0.2, 0) is 0 Å². The van der Waals surface area contributed by atoms with Crippen LogP contribution in [0.25, 0.3) is 0 Å². The Morgan fingerprint density at radius 2 is 1.59 bits per heavy atom. The van der Waals surface area contributed by atoms with Gasteiger partial charge >= 0.3 is 0 Å². The third-order valence-electron chi connectivity index (χ3n) is 2.23. The minimum atomic E-state index is 0.749. The van der Waals surface area contributed by atoms with Gasteiger partial charge in [0.05, 0.1) is 11.9 Å². The molecule has 0 aliphatic carbocycles. The number of nitrogens with zero attached hydrogens (tertiary/aromatic N) is 4. The fourth-order valence-electron chi connectivity index (χ4n) is 1.31. The van der Waals surface area contributed by atoms with Gasteiger partial charge in [-0.05, 0) is 24.3 Å². The highest BCUT2D eigenvalue weighted by molar-refractivity contribution is 5.44. The minimum absolute atomic E-state index is 0.749. The predicted octanol–water partition coefficient (Wildman–Crippen LogP) is 3.56. The molecule has 0 radical (unpaired) electrons. The summed E-state index contributed by atoms with van der Waals surface area (Å²) in [6, 6.07) is 13.4. The van der Waals surface area contributed by atoms with E-state index in [4.69, 9.17) is 0 Å². The van der Waals surface area contributed by atoms with E-state index >= 15 is 0 Å². The van der Waals surface area contributed by atoms with Gasteiger partial charge in [0.2, 0.25) is 0 Å². The molecule has 0 bridgehead atoms. The molecule has 0 unspecified atom stereocenters. The van der Waals surface area contributed by atoms with Crippen molar-refractivity contribution in [3.8, 4) is 0 Å². The fraction of sp³-hybridized carbons (Fsp3) is 0.154. The van der Waals surface area contributed by atoms with Gasteiger partial charge in [0.15, 0.2) is 0 Å². The van der Waals surface area contributed by atoms with Gasteiger partial charge in [-0.1, -0.05) is 18.2 Å². The van der Waals surface area contributed by atoms with Crippen molar-refractivity contribution < 1.29 is 0 Å². The van der Waals surface area contributed by atoms with E-state index in [0.717, 1.165) is 17.2 Å². The summed E-state index contributed by atoms with van der Waals surface area (Å²) in [6.45, 7) is 0. The first-order chi connectivity index (χ1) is 8.25. The number of benzene rings is 1. The van der Waals surface area contributed by atoms with E-state index in [0.29, 0.717) is 0 Å². The Hall–Kier alpha value is -2.23.